The van der Waals surface area contributed by atoms with Gasteiger partial charge in [-0.1, -0.05) is 20.8 Å². The summed E-state index contributed by atoms with van der Waals surface area (Å²) in [6.45, 7) is 5.76. The van der Waals surface area contributed by atoms with E-state index in [0.717, 1.165) is 6.07 Å². The van der Waals surface area contributed by atoms with Crippen LogP contribution in [0, 0.1) is 5.92 Å². The molecule has 0 saturated carbocycles. The van der Waals surface area contributed by atoms with Gasteiger partial charge in [0.25, 0.3) is 0 Å². The number of nitrogens with one attached hydrogen (secondary N) is 1. The second kappa shape index (κ2) is 6.69. The molecule has 0 radical (unpaired) electrons. The molecule has 2 N–H and O–H groups in total. The highest BCUT2D eigenvalue weighted by atomic mass is 79.9. The van der Waals surface area contributed by atoms with E-state index in [1.165, 1.54) is 12.1 Å². The van der Waals surface area contributed by atoms with E-state index in [2.05, 4.69) is 20.7 Å². The molecule has 5 nitrogen and oxygen atoms in total. The Morgan fingerprint density at radius 1 is 1.40 bits per heavy atom. The van der Waals surface area contributed by atoms with Crippen LogP contribution in [-0.2, 0) is 10.0 Å². The SMILES string of the molecule is CCC(NS(=O)(=O)c1cc(C(=O)O)ccc1Br)C(C)C. The van der Waals surface area contributed by atoms with E-state index in [9.17, 15) is 13.2 Å². The lowest BCUT2D eigenvalue weighted by Gasteiger charge is -2.21. The predicted molar refractivity (Wildman–Crippen MR) is 80.3 cm³/mol. The molecule has 20 heavy (non-hydrogen) atoms. The first-order chi connectivity index (χ1) is 9.19. The molecule has 112 valence electrons. The van der Waals surface area contributed by atoms with Crippen LogP contribution in [0.25, 0.3) is 0 Å². The number of rotatable bonds is 6. The van der Waals surface area contributed by atoms with E-state index in [0.29, 0.717) is 10.9 Å². The largest absolute Gasteiger partial charge is 0.478 e. The second-order valence-corrected chi connectivity index (χ2v) is 7.37. The topological polar surface area (TPSA) is 83.5 Å². The van der Waals surface area contributed by atoms with Crippen LogP contribution in [-0.4, -0.2) is 25.5 Å². The fourth-order valence-corrected chi connectivity index (χ4v) is 4.25. The van der Waals surface area contributed by atoms with Gasteiger partial charge in [0.1, 0.15) is 0 Å². The van der Waals surface area contributed by atoms with Gasteiger partial charge in [-0.15, -0.1) is 0 Å². The number of hydrogen-bond acceptors (Lipinski definition) is 3. The molecule has 0 aliphatic rings. The molecule has 0 heterocycles. The maximum Gasteiger partial charge on any atom is 0.335 e. The number of sulfonamides is 1. The zero-order valence-electron chi connectivity index (χ0n) is 11.6. The molecule has 7 heteroatoms. The highest BCUT2D eigenvalue weighted by Gasteiger charge is 2.24. The molecule has 0 spiro atoms. The van der Waals surface area contributed by atoms with Gasteiger partial charge in [0, 0.05) is 10.5 Å². The molecule has 0 fully saturated rings. The van der Waals surface area contributed by atoms with Gasteiger partial charge >= 0.3 is 5.97 Å². The van der Waals surface area contributed by atoms with E-state index in [-0.39, 0.29) is 22.4 Å². The Balaban J connectivity index is 3.21. The first kappa shape index (κ1) is 17.1. The molecule has 1 aromatic carbocycles. The summed E-state index contributed by atoms with van der Waals surface area (Å²) in [5.41, 5.74) is -0.0637. The summed E-state index contributed by atoms with van der Waals surface area (Å²) in [5, 5.41) is 8.95. The van der Waals surface area contributed by atoms with Crippen LogP contribution < -0.4 is 4.72 Å². The quantitative estimate of drug-likeness (QED) is 0.813. The molecule has 0 bridgehead atoms. The summed E-state index contributed by atoms with van der Waals surface area (Å²) in [5.74, 6) is -1.01. The van der Waals surface area contributed by atoms with Crippen molar-refractivity contribution in [2.45, 2.75) is 38.1 Å². The van der Waals surface area contributed by atoms with Crippen LogP contribution in [0.1, 0.15) is 37.6 Å². The minimum absolute atomic E-state index is 0.0588. The number of aromatic carboxylic acids is 1. The number of benzene rings is 1. The minimum Gasteiger partial charge on any atom is -0.478 e. The number of carbonyl (C=O) groups is 1. The molecule has 0 aromatic heterocycles. The Morgan fingerprint density at radius 3 is 2.45 bits per heavy atom. The molecule has 0 saturated heterocycles. The smallest absolute Gasteiger partial charge is 0.335 e. The fourth-order valence-electron chi connectivity index (χ4n) is 1.80. The van der Waals surface area contributed by atoms with Gasteiger partial charge in [-0.25, -0.2) is 17.9 Å². The van der Waals surface area contributed by atoms with Gasteiger partial charge in [0.2, 0.25) is 10.0 Å². The monoisotopic (exact) mass is 363 g/mol. The van der Waals surface area contributed by atoms with Crippen LogP contribution in [0.3, 0.4) is 0 Å². The van der Waals surface area contributed by atoms with Crippen molar-refractivity contribution in [2.24, 2.45) is 5.92 Å². The van der Waals surface area contributed by atoms with Gasteiger partial charge in [-0.2, -0.15) is 0 Å². The lowest BCUT2D eigenvalue weighted by molar-refractivity contribution is 0.0696. The molecule has 0 amide bonds. The summed E-state index contributed by atoms with van der Waals surface area (Å²) in [4.78, 5) is 10.9. The Labute approximate surface area is 127 Å². The maximum atomic E-state index is 12.4. The van der Waals surface area contributed by atoms with Crippen LogP contribution in [0.15, 0.2) is 27.6 Å². The minimum atomic E-state index is -3.76. The van der Waals surface area contributed by atoms with Crippen molar-refractivity contribution in [3.63, 3.8) is 0 Å². The number of halogens is 1. The van der Waals surface area contributed by atoms with E-state index in [4.69, 9.17) is 5.11 Å². The molecule has 1 rings (SSSR count). The highest BCUT2D eigenvalue weighted by molar-refractivity contribution is 9.10. The van der Waals surface area contributed by atoms with Gasteiger partial charge in [-0.05, 0) is 46.5 Å². The van der Waals surface area contributed by atoms with E-state index in [1.807, 2.05) is 20.8 Å². The average molecular weight is 364 g/mol. The van der Waals surface area contributed by atoms with Crippen LogP contribution in [0.2, 0.25) is 0 Å². The van der Waals surface area contributed by atoms with Gasteiger partial charge in [0.05, 0.1) is 10.5 Å². The Hall–Kier alpha value is -0.920. The maximum absolute atomic E-state index is 12.4. The molecular formula is C13H18BrNO4S. The molecular weight excluding hydrogens is 346 g/mol. The Kier molecular flexibility index (Phi) is 5.73. The third-order valence-electron chi connectivity index (χ3n) is 3.02. The number of hydrogen-bond donors (Lipinski definition) is 2. The molecule has 0 aliphatic carbocycles. The zero-order chi connectivity index (χ0) is 15.5. The summed E-state index contributed by atoms with van der Waals surface area (Å²) in [7, 11) is -3.76. The summed E-state index contributed by atoms with van der Waals surface area (Å²) < 4.78 is 27.7. The predicted octanol–water partition coefficient (Wildman–Crippen LogP) is 2.86. The normalized spacial score (nSPS) is 13.4. The molecule has 1 aromatic rings. The van der Waals surface area contributed by atoms with Crippen molar-refractivity contribution in [3.8, 4) is 0 Å². The summed E-state index contributed by atoms with van der Waals surface area (Å²) >= 11 is 3.15. The standard InChI is InChI=1S/C13H18BrNO4S/c1-4-11(8(2)3)15-20(18,19)12-7-9(13(16)17)5-6-10(12)14/h5-8,11,15H,4H2,1-3H3,(H,16,17). The number of carboxylic acids is 1. The first-order valence-corrected chi connectivity index (χ1v) is 8.51. The van der Waals surface area contributed by atoms with Crippen molar-refractivity contribution in [1.82, 2.24) is 4.72 Å². The third kappa shape index (κ3) is 4.04. The van der Waals surface area contributed by atoms with Crippen molar-refractivity contribution in [2.75, 3.05) is 0 Å². The van der Waals surface area contributed by atoms with Gasteiger partial charge < -0.3 is 5.11 Å². The first-order valence-electron chi connectivity index (χ1n) is 6.24. The van der Waals surface area contributed by atoms with Crippen molar-refractivity contribution in [3.05, 3.63) is 28.2 Å². The zero-order valence-corrected chi connectivity index (χ0v) is 14.0. The van der Waals surface area contributed by atoms with Gasteiger partial charge in [0.15, 0.2) is 0 Å². The van der Waals surface area contributed by atoms with Crippen LogP contribution in [0.4, 0.5) is 0 Å². The lowest BCUT2D eigenvalue weighted by Crippen LogP contribution is -2.38. The number of carboxylic acid groups (broad SMARTS) is 1. The van der Waals surface area contributed by atoms with Crippen LogP contribution in [0.5, 0.6) is 0 Å². The average Bonchev–Trinajstić information content (AvgIpc) is 2.35. The fraction of sp³-hybridized carbons (Fsp3) is 0.462. The Bertz CT molecular complexity index is 598. The molecule has 0 aliphatic heterocycles. The highest BCUT2D eigenvalue weighted by Crippen LogP contribution is 2.24. The van der Waals surface area contributed by atoms with Crippen molar-refractivity contribution >= 4 is 31.9 Å². The Morgan fingerprint density at radius 2 is 2.00 bits per heavy atom. The third-order valence-corrected chi connectivity index (χ3v) is 5.50. The van der Waals surface area contributed by atoms with E-state index in [1.54, 1.807) is 0 Å². The van der Waals surface area contributed by atoms with E-state index >= 15 is 0 Å². The molecule has 1 atom stereocenters. The summed E-state index contributed by atoms with van der Waals surface area (Å²) in [6.07, 6.45) is 0.660. The lowest BCUT2D eigenvalue weighted by atomic mass is 10.0. The van der Waals surface area contributed by atoms with Crippen molar-refractivity contribution in [1.29, 1.82) is 0 Å². The van der Waals surface area contributed by atoms with Crippen molar-refractivity contribution < 1.29 is 18.3 Å². The van der Waals surface area contributed by atoms with Crippen LogP contribution >= 0.6 is 15.9 Å². The summed E-state index contributed by atoms with van der Waals surface area (Å²) in [6, 6.07) is 3.74. The molecule has 1 unspecified atom stereocenters. The van der Waals surface area contributed by atoms with Gasteiger partial charge in [-0.3, -0.25) is 0 Å². The van der Waals surface area contributed by atoms with E-state index < -0.39 is 16.0 Å². The second-order valence-electron chi connectivity index (χ2n) is 4.83.